The second-order valence-electron chi connectivity index (χ2n) is 6.05. The molecule has 2 rings (SSSR count). The molecule has 0 aromatic carbocycles. The van der Waals surface area contributed by atoms with E-state index in [2.05, 4.69) is 24.1 Å². The molecule has 2 heterocycles. The number of nitrogens with zero attached hydrogens (tertiary/aromatic N) is 1. The van der Waals surface area contributed by atoms with E-state index in [-0.39, 0.29) is 0 Å². The first kappa shape index (κ1) is 13.4. The van der Waals surface area contributed by atoms with Gasteiger partial charge in [-0.3, -0.25) is 4.90 Å². The van der Waals surface area contributed by atoms with Gasteiger partial charge in [-0.25, -0.2) is 0 Å². The smallest absolute Gasteiger partial charge is 0.0306 e. The molecule has 2 nitrogen and oxygen atoms in total. The number of rotatable bonds is 4. The van der Waals surface area contributed by atoms with Crippen LogP contribution in [0.4, 0.5) is 0 Å². The molecule has 2 saturated heterocycles. The van der Waals surface area contributed by atoms with Crippen molar-refractivity contribution in [2.24, 2.45) is 0 Å². The van der Waals surface area contributed by atoms with Crippen LogP contribution in [0.2, 0.25) is 0 Å². The van der Waals surface area contributed by atoms with Gasteiger partial charge in [-0.05, 0) is 51.6 Å². The minimum atomic E-state index is 0.442. The average Bonchev–Trinajstić information content (AvgIpc) is 2.70. The summed E-state index contributed by atoms with van der Waals surface area (Å²) in [5.41, 5.74) is 0.442. The van der Waals surface area contributed by atoms with Crippen LogP contribution >= 0.6 is 0 Å². The highest BCUT2D eigenvalue weighted by Crippen LogP contribution is 2.28. The van der Waals surface area contributed by atoms with Crippen LogP contribution in [0, 0.1) is 0 Å². The Labute approximate surface area is 107 Å². The SMILES string of the molecule is CCC1CCCCCN1CC1(CC)CCCN1. The number of nitrogens with one attached hydrogen (secondary N) is 1. The zero-order chi connectivity index (χ0) is 12.1. The van der Waals surface area contributed by atoms with Gasteiger partial charge in [0.1, 0.15) is 0 Å². The molecule has 2 unspecified atom stereocenters. The van der Waals surface area contributed by atoms with Crippen LogP contribution < -0.4 is 5.32 Å². The molecule has 2 heteroatoms. The molecule has 2 aliphatic rings. The van der Waals surface area contributed by atoms with Gasteiger partial charge in [-0.15, -0.1) is 0 Å². The van der Waals surface area contributed by atoms with Crippen LogP contribution in [-0.4, -0.2) is 36.1 Å². The maximum absolute atomic E-state index is 3.79. The van der Waals surface area contributed by atoms with Crippen molar-refractivity contribution in [3.63, 3.8) is 0 Å². The largest absolute Gasteiger partial charge is 0.310 e. The van der Waals surface area contributed by atoms with Crippen molar-refractivity contribution >= 4 is 0 Å². The maximum Gasteiger partial charge on any atom is 0.0306 e. The molecule has 0 aromatic heterocycles. The molecule has 0 aromatic rings. The topological polar surface area (TPSA) is 15.3 Å². The Morgan fingerprint density at radius 3 is 2.71 bits per heavy atom. The van der Waals surface area contributed by atoms with Gasteiger partial charge >= 0.3 is 0 Å². The van der Waals surface area contributed by atoms with Gasteiger partial charge in [-0.2, -0.15) is 0 Å². The van der Waals surface area contributed by atoms with E-state index in [4.69, 9.17) is 0 Å². The molecule has 0 saturated carbocycles. The lowest BCUT2D eigenvalue weighted by atomic mass is 9.92. The van der Waals surface area contributed by atoms with Crippen molar-refractivity contribution in [2.45, 2.75) is 76.8 Å². The lowest BCUT2D eigenvalue weighted by molar-refractivity contribution is 0.137. The summed E-state index contributed by atoms with van der Waals surface area (Å²) in [4.78, 5) is 2.80. The highest BCUT2D eigenvalue weighted by molar-refractivity contribution is 4.95. The zero-order valence-electron chi connectivity index (χ0n) is 11.8. The first-order valence-electron chi connectivity index (χ1n) is 7.79. The molecule has 0 bridgehead atoms. The predicted molar refractivity (Wildman–Crippen MR) is 74.4 cm³/mol. The van der Waals surface area contributed by atoms with Crippen molar-refractivity contribution in [3.8, 4) is 0 Å². The van der Waals surface area contributed by atoms with Crippen LogP contribution in [0.15, 0.2) is 0 Å². The molecular weight excluding hydrogens is 208 g/mol. The third kappa shape index (κ3) is 3.23. The van der Waals surface area contributed by atoms with Gasteiger partial charge in [-0.1, -0.05) is 26.7 Å². The van der Waals surface area contributed by atoms with E-state index in [1.54, 1.807) is 0 Å². The first-order valence-corrected chi connectivity index (χ1v) is 7.79. The zero-order valence-corrected chi connectivity index (χ0v) is 11.8. The monoisotopic (exact) mass is 238 g/mol. The summed E-state index contributed by atoms with van der Waals surface area (Å²) in [7, 11) is 0. The van der Waals surface area contributed by atoms with Gasteiger partial charge in [0.25, 0.3) is 0 Å². The first-order chi connectivity index (χ1) is 8.29. The van der Waals surface area contributed by atoms with E-state index >= 15 is 0 Å². The van der Waals surface area contributed by atoms with E-state index in [1.165, 1.54) is 71.0 Å². The molecule has 2 fully saturated rings. The minimum Gasteiger partial charge on any atom is -0.310 e. The van der Waals surface area contributed by atoms with Crippen molar-refractivity contribution in [2.75, 3.05) is 19.6 Å². The maximum atomic E-state index is 3.79. The summed E-state index contributed by atoms with van der Waals surface area (Å²) < 4.78 is 0. The molecule has 1 N–H and O–H groups in total. The predicted octanol–water partition coefficient (Wildman–Crippen LogP) is 3.17. The van der Waals surface area contributed by atoms with Crippen LogP contribution in [0.1, 0.15) is 65.2 Å². The van der Waals surface area contributed by atoms with Crippen molar-refractivity contribution in [1.29, 1.82) is 0 Å². The third-order valence-corrected chi connectivity index (χ3v) is 4.98. The second-order valence-corrected chi connectivity index (χ2v) is 6.05. The van der Waals surface area contributed by atoms with Gasteiger partial charge in [0.05, 0.1) is 0 Å². The Bertz CT molecular complexity index is 221. The molecule has 2 aliphatic heterocycles. The number of hydrogen-bond donors (Lipinski definition) is 1. The third-order valence-electron chi connectivity index (χ3n) is 4.98. The second kappa shape index (κ2) is 6.19. The highest BCUT2D eigenvalue weighted by Gasteiger charge is 2.35. The van der Waals surface area contributed by atoms with Crippen molar-refractivity contribution in [3.05, 3.63) is 0 Å². The molecule has 0 radical (unpaired) electrons. The Morgan fingerprint density at radius 1 is 1.18 bits per heavy atom. The lowest BCUT2D eigenvalue weighted by Gasteiger charge is -2.38. The Hall–Kier alpha value is -0.0800. The molecule has 0 aliphatic carbocycles. The van der Waals surface area contributed by atoms with Gasteiger partial charge in [0.2, 0.25) is 0 Å². The van der Waals surface area contributed by atoms with E-state index < -0.39 is 0 Å². The highest BCUT2D eigenvalue weighted by atomic mass is 15.2. The van der Waals surface area contributed by atoms with E-state index in [1.807, 2.05) is 0 Å². The van der Waals surface area contributed by atoms with Crippen LogP contribution in [0.25, 0.3) is 0 Å². The quantitative estimate of drug-likeness (QED) is 0.809. The van der Waals surface area contributed by atoms with Gasteiger partial charge in [0.15, 0.2) is 0 Å². The fraction of sp³-hybridized carbons (Fsp3) is 1.00. The van der Waals surface area contributed by atoms with Crippen molar-refractivity contribution < 1.29 is 0 Å². The molecule has 100 valence electrons. The average molecular weight is 238 g/mol. The normalized spacial score (nSPS) is 36.0. The van der Waals surface area contributed by atoms with E-state index in [0.717, 1.165) is 6.04 Å². The van der Waals surface area contributed by atoms with Crippen LogP contribution in [-0.2, 0) is 0 Å². The Balaban J connectivity index is 1.98. The number of hydrogen-bond acceptors (Lipinski definition) is 2. The standard InChI is InChI=1S/C15H30N2/c1-3-14-9-6-5-7-12-17(14)13-15(4-2)10-8-11-16-15/h14,16H,3-13H2,1-2H3. The fourth-order valence-corrected chi connectivity index (χ4v) is 3.71. The summed E-state index contributed by atoms with van der Waals surface area (Å²) in [5, 5.41) is 3.79. The fourth-order valence-electron chi connectivity index (χ4n) is 3.71. The van der Waals surface area contributed by atoms with E-state index in [0.29, 0.717) is 5.54 Å². The summed E-state index contributed by atoms with van der Waals surface area (Å²) in [5.74, 6) is 0. The number of likely N-dealkylation sites (tertiary alicyclic amines) is 1. The lowest BCUT2D eigenvalue weighted by Crippen LogP contribution is -2.52. The van der Waals surface area contributed by atoms with Crippen LogP contribution in [0.5, 0.6) is 0 Å². The summed E-state index contributed by atoms with van der Waals surface area (Å²) in [6.45, 7) is 8.59. The molecular formula is C15H30N2. The van der Waals surface area contributed by atoms with E-state index in [9.17, 15) is 0 Å². The van der Waals surface area contributed by atoms with Gasteiger partial charge < -0.3 is 5.32 Å². The summed E-state index contributed by atoms with van der Waals surface area (Å²) >= 11 is 0. The molecule has 0 amide bonds. The summed E-state index contributed by atoms with van der Waals surface area (Å²) in [6.07, 6.45) is 11.1. The summed E-state index contributed by atoms with van der Waals surface area (Å²) in [6, 6.07) is 0.850. The molecule has 0 spiro atoms. The minimum absolute atomic E-state index is 0.442. The molecule has 17 heavy (non-hydrogen) atoms. The Morgan fingerprint density at radius 2 is 2.06 bits per heavy atom. The van der Waals surface area contributed by atoms with Crippen molar-refractivity contribution in [1.82, 2.24) is 10.2 Å². The Kier molecular flexibility index (Phi) is 4.87. The molecule has 2 atom stereocenters. The van der Waals surface area contributed by atoms with Crippen LogP contribution in [0.3, 0.4) is 0 Å². The van der Waals surface area contributed by atoms with Gasteiger partial charge in [0, 0.05) is 18.1 Å².